The van der Waals surface area contributed by atoms with E-state index >= 15 is 0 Å². The molecule has 0 aromatic carbocycles. The van der Waals surface area contributed by atoms with Crippen LogP contribution in [0.2, 0.25) is 0 Å². The Hall–Kier alpha value is -2.26. The van der Waals surface area contributed by atoms with Crippen molar-refractivity contribution < 1.29 is 0 Å². The molecule has 0 unspecified atom stereocenters. The number of nitrogens with two attached hydrogens (primary N) is 1. The summed E-state index contributed by atoms with van der Waals surface area (Å²) in [6.07, 6.45) is 4.63. The Morgan fingerprint density at radius 3 is 3.07 bits per heavy atom. The minimum atomic E-state index is 0.349. The van der Waals surface area contributed by atoms with Gasteiger partial charge in [-0.1, -0.05) is 0 Å². The maximum Gasteiger partial charge on any atom is 0.250 e. The Kier molecular flexibility index (Phi) is 2.39. The van der Waals surface area contributed by atoms with Gasteiger partial charge in [0.05, 0.1) is 23.7 Å². The molecule has 2 aromatic heterocycles. The highest BCUT2D eigenvalue weighted by Gasteiger charge is 2.03. The van der Waals surface area contributed by atoms with Crippen LogP contribution in [-0.4, -0.2) is 19.7 Å². The first-order valence-corrected chi connectivity index (χ1v) is 4.30. The molecule has 2 aromatic rings. The van der Waals surface area contributed by atoms with Crippen LogP contribution < -0.4 is 5.73 Å². The highest BCUT2D eigenvalue weighted by atomic mass is 15.3. The van der Waals surface area contributed by atoms with E-state index in [1.165, 1.54) is 10.9 Å². The van der Waals surface area contributed by atoms with Crippen LogP contribution in [0.5, 0.6) is 0 Å². The zero-order valence-corrected chi connectivity index (χ0v) is 7.83. The van der Waals surface area contributed by atoms with Crippen LogP contribution in [0.4, 0.5) is 0 Å². The van der Waals surface area contributed by atoms with Crippen LogP contribution >= 0.6 is 0 Å². The van der Waals surface area contributed by atoms with Gasteiger partial charge in [-0.2, -0.15) is 10.4 Å². The summed E-state index contributed by atoms with van der Waals surface area (Å²) >= 11 is 0. The third-order valence-electron chi connectivity index (χ3n) is 1.83. The third-order valence-corrected chi connectivity index (χ3v) is 1.83. The summed E-state index contributed by atoms with van der Waals surface area (Å²) in [7, 11) is 0. The van der Waals surface area contributed by atoms with E-state index < -0.39 is 0 Å². The molecule has 15 heavy (non-hydrogen) atoms. The number of nitrogens with zero attached hydrogens (tertiary/aromatic N) is 5. The van der Waals surface area contributed by atoms with Crippen LogP contribution in [0.15, 0.2) is 24.7 Å². The van der Waals surface area contributed by atoms with Crippen molar-refractivity contribution in [2.24, 2.45) is 5.73 Å². The quantitative estimate of drug-likeness (QED) is 0.736. The summed E-state index contributed by atoms with van der Waals surface area (Å²) in [5, 5.41) is 12.6. The Morgan fingerprint density at radius 1 is 1.53 bits per heavy atom. The number of rotatable bonds is 2. The van der Waals surface area contributed by atoms with Crippen molar-refractivity contribution in [1.29, 1.82) is 5.26 Å². The molecule has 2 rings (SSSR count). The number of nitriles is 1. The van der Waals surface area contributed by atoms with E-state index in [-0.39, 0.29) is 0 Å². The maximum absolute atomic E-state index is 8.63. The molecular formula is C9H8N6. The SMILES string of the molecule is N#Cc1cnn(-c2nccc(CN)n2)c1. The topological polar surface area (TPSA) is 93.4 Å². The van der Waals surface area contributed by atoms with E-state index in [0.29, 0.717) is 18.1 Å². The highest BCUT2D eigenvalue weighted by molar-refractivity contribution is 5.25. The predicted molar refractivity (Wildman–Crippen MR) is 51.8 cm³/mol. The monoisotopic (exact) mass is 200 g/mol. The molecule has 2 heterocycles. The van der Waals surface area contributed by atoms with Crippen LogP contribution in [-0.2, 0) is 6.54 Å². The Bertz CT molecular complexity index is 509. The van der Waals surface area contributed by atoms with Crippen molar-refractivity contribution in [2.75, 3.05) is 0 Å². The van der Waals surface area contributed by atoms with E-state index in [0.717, 1.165) is 5.69 Å². The van der Waals surface area contributed by atoms with E-state index in [1.807, 2.05) is 6.07 Å². The minimum Gasteiger partial charge on any atom is -0.325 e. The smallest absolute Gasteiger partial charge is 0.250 e. The van der Waals surface area contributed by atoms with Gasteiger partial charge in [-0.05, 0) is 6.07 Å². The second-order valence-electron chi connectivity index (χ2n) is 2.84. The van der Waals surface area contributed by atoms with Crippen LogP contribution in [0.3, 0.4) is 0 Å². The molecular weight excluding hydrogens is 192 g/mol. The molecule has 2 N–H and O–H groups in total. The summed E-state index contributed by atoms with van der Waals surface area (Å²) < 4.78 is 1.44. The molecule has 6 heteroatoms. The van der Waals surface area contributed by atoms with Gasteiger partial charge >= 0.3 is 0 Å². The Morgan fingerprint density at radius 2 is 2.40 bits per heavy atom. The third kappa shape index (κ3) is 1.82. The highest BCUT2D eigenvalue weighted by Crippen LogP contribution is 2.02. The average molecular weight is 200 g/mol. The molecule has 0 aliphatic rings. The molecule has 0 amide bonds. The number of hydrogen-bond acceptors (Lipinski definition) is 5. The van der Waals surface area contributed by atoms with Crippen molar-refractivity contribution in [1.82, 2.24) is 19.7 Å². The lowest BCUT2D eigenvalue weighted by Crippen LogP contribution is -2.06. The van der Waals surface area contributed by atoms with Gasteiger partial charge in [0.25, 0.3) is 5.95 Å². The molecule has 0 aliphatic carbocycles. The van der Waals surface area contributed by atoms with Gasteiger partial charge < -0.3 is 5.73 Å². The van der Waals surface area contributed by atoms with Crippen molar-refractivity contribution in [3.05, 3.63) is 35.9 Å². The fourth-order valence-electron chi connectivity index (χ4n) is 1.10. The van der Waals surface area contributed by atoms with Crippen LogP contribution in [0.25, 0.3) is 5.95 Å². The molecule has 0 spiro atoms. The fourth-order valence-corrected chi connectivity index (χ4v) is 1.10. The van der Waals surface area contributed by atoms with E-state index in [1.54, 1.807) is 18.5 Å². The predicted octanol–water partition coefficient (Wildman–Crippen LogP) is -0.00732. The van der Waals surface area contributed by atoms with Gasteiger partial charge in [-0.15, -0.1) is 0 Å². The Labute approximate surface area is 86.0 Å². The second kappa shape index (κ2) is 3.86. The molecule has 0 aliphatic heterocycles. The lowest BCUT2D eigenvalue weighted by atomic mass is 10.4. The van der Waals surface area contributed by atoms with Gasteiger partial charge in [-0.25, -0.2) is 14.6 Å². The second-order valence-corrected chi connectivity index (χ2v) is 2.84. The van der Waals surface area contributed by atoms with Crippen molar-refractivity contribution >= 4 is 0 Å². The largest absolute Gasteiger partial charge is 0.325 e. The minimum absolute atomic E-state index is 0.349. The van der Waals surface area contributed by atoms with Gasteiger partial charge in [0.1, 0.15) is 6.07 Å². The lowest BCUT2D eigenvalue weighted by molar-refractivity contribution is 0.790. The van der Waals surface area contributed by atoms with Crippen LogP contribution in [0.1, 0.15) is 11.3 Å². The molecule has 6 nitrogen and oxygen atoms in total. The van der Waals surface area contributed by atoms with E-state index in [2.05, 4.69) is 15.1 Å². The first-order valence-electron chi connectivity index (χ1n) is 4.30. The zero-order chi connectivity index (χ0) is 10.7. The fraction of sp³-hybridized carbons (Fsp3) is 0.111. The molecule has 0 saturated heterocycles. The molecule has 74 valence electrons. The standard InChI is InChI=1S/C9H8N6/c10-3-7-5-13-15(6-7)9-12-2-1-8(4-11)14-9/h1-2,5-6H,4,11H2. The average Bonchev–Trinajstić information content (AvgIpc) is 2.78. The molecule has 0 atom stereocenters. The first-order chi connectivity index (χ1) is 7.33. The molecule has 0 fully saturated rings. The Balaban J connectivity index is 2.41. The van der Waals surface area contributed by atoms with Crippen molar-refractivity contribution in [2.45, 2.75) is 6.54 Å². The first kappa shape index (κ1) is 9.30. The summed E-state index contributed by atoms with van der Waals surface area (Å²) in [4.78, 5) is 8.19. The van der Waals surface area contributed by atoms with Crippen molar-refractivity contribution in [3.8, 4) is 12.0 Å². The number of hydrogen-bond donors (Lipinski definition) is 1. The summed E-state index contributed by atoms with van der Waals surface area (Å²) in [5.41, 5.74) is 6.66. The number of aromatic nitrogens is 4. The van der Waals surface area contributed by atoms with Gasteiger partial charge in [0.2, 0.25) is 0 Å². The van der Waals surface area contributed by atoms with Gasteiger partial charge in [-0.3, -0.25) is 0 Å². The summed E-state index contributed by atoms with van der Waals surface area (Å²) in [5.74, 6) is 0.416. The van der Waals surface area contributed by atoms with E-state index in [4.69, 9.17) is 11.0 Å². The zero-order valence-electron chi connectivity index (χ0n) is 7.83. The molecule has 0 saturated carbocycles. The van der Waals surface area contributed by atoms with E-state index in [9.17, 15) is 0 Å². The summed E-state index contributed by atoms with van der Waals surface area (Å²) in [6, 6.07) is 3.72. The molecule has 0 radical (unpaired) electrons. The lowest BCUT2D eigenvalue weighted by Gasteiger charge is -2.00. The van der Waals surface area contributed by atoms with Crippen LogP contribution in [0, 0.1) is 11.3 Å². The van der Waals surface area contributed by atoms with Crippen molar-refractivity contribution in [3.63, 3.8) is 0 Å². The molecule has 0 bridgehead atoms. The van der Waals surface area contributed by atoms with Gasteiger partial charge in [0, 0.05) is 12.7 Å². The van der Waals surface area contributed by atoms with Gasteiger partial charge in [0.15, 0.2) is 0 Å². The summed E-state index contributed by atoms with van der Waals surface area (Å²) in [6.45, 7) is 0.349. The maximum atomic E-state index is 8.63. The normalized spacial score (nSPS) is 9.87.